The summed E-state index contributed by atoms with van der Waals surface area (Å²) in [6.45, 7) is 5.56. The fourth-order valence-electron chi connectivity index (χ4n) is 1.93. The molecule has 0 aliphatic carbocycles. The molecular weight excluding hydrogens is 319 g/mol. The van der Waals surface area contributed by atoms with Gasteiger partial charge in [0, 0.05) is 5.57 Å². The van der Waals surface area contributed by atoms with Crippen LogP contribution in [0.4, 0.5) is 0 Å². The Hall–Kier alpha value is -1.62. The molecule has 6 nitrogen and oxygen atoms in total. The monoisotopic (exact) mass is 342 g/mol. The maximum atomic E-state index is 11.2. The molecule has 0 atom stereocenters. The van der Waals surface area contributed by atoms with Crippen LogP contribution >= 0.6 is 7.82 Å². The number of phosphoric ester groups is 1. The molecule has 0 aliphatic rings. The van der Waals surface area contributed by atoms with Crippen LogP contribution in [0, 0.1) is 0 Å². The van der Waals surface area contributed by atoms with E-state index in [9.17, 15) is 9.36 Å². The van der Waals surface area contributed by atoms with Gasteiger partial charge in [0.25, 0.3) is 0 Å². The van der Waals surface area contributed by atoms with Gasteiger partial charge in [-0.25, -0.2) is 9.36 Å². The Morgan fingerprint density at radius 1 is 1.13 bits per heavy atom. The van der Waals surface area contributed by atoms with E-state index >= 15 is 0 Å². The molecule has 1 aromatic rings. The molecule has 1 aromatic carbocycles. The highest BCUT2D eigenvalue weighted by Crippen LogP contribution is 2.37. The van der Waals surface area contributed by atoms with Gasteiger partial charge in [-0.3, -0.25) is 9.79 Å². The summed E-state index contributed by atoms with van der Waals surface area (Å²) in [5.74, 6) is -0.191. The highest BCUT2D eigenvalue weighted by Gasteiger charge is 2.15. The lowest BCUT2D eigenvalue weighted by Crippen LogP contribution is -2.06. The Balaban J connectivity index is 2.15. The van der Waals surface area contributed by atoms with Crippen LogP contribution in [0.15, 0.2) is 36.4 Å². The average Bonchev–Trinajstić information content (AvgIpc) is 2.46. The van der Waals surface area contributed by atoms with Crippen LogP contribution in [0.1, 0.15) is 38.2 Å². The molecule has 0 heterocycles. The number of unbranched alkanes of at least 4 members (excludes halogenated alkanes) is 3. The smallest absolute Gasteiger partial charge is 0.462 e. The zero-order valence-corrected chi connectivity index (χ0v) is 14.1. The van der Waals surface area contributed by atoms with Crippen molar-refractivity contribution in [2.75, 3.05) is 6.61 Å². The van der Waals surface area contributed by atoms with Crippen molar-refractivity contribution in [2.24, 2.45) is 0 Å². The summed E-state index contributed by atoms with van der Waals surface area (Å²) in [5.41, 5.74) is 1.49. The zero-order valence-electron chi connectivity index (χ0n) is 13.2. The van der Waals surface area contributed by atoms with E-state index in [4.69, 9.17) is 14.5 Å². The summed E-state index contributed by atoms with van der Waals surface area (Å²) in [6, 6.07) is 6.68. The maximum Gasteiger partial charge on any atom is 0.524 e. The van der Waals surface area contributed by atoms with Gasteiger partial charge in [0.05, 0.1) is 6.61 Å². The second-order valence-corrected chi connectivity index (χ2v) is 6.47. The Morgan fingerprint density at radius 2 is 1.74 bits per heavy atom. The van der Waals surface area contributed by atoms with Gasteiger partial charge in [0.1, 0.15) is 5.75 Å². The summed E-state index contributed by atoms with van der Waals surface area (Å²) in [4.78, 5) is 28.6. The van der Waals surface area contributed by atoms with Crippen LogP contribution in [-0.2, 0) is 20.5 Å². The topological polar surface area (TPSA) is 93.1 Å². The van der Waals surface area contributed by atoms with Gasteiger partial charge in [-0.2, -0.15) is 0 Å². The first-order valence-electron chi connectivity index (χ1n) is 7.44. The molecule has 1 rings (SSSR count). The van der Waals surface area contributed by atoms with Gasteiger partial charge in [-0.1, -0.05) is 31.6 Å². The molecule has 0 radical (unpaired) electrons. The number of carbonyl (C=O) groups is 1. The largest absolute Gasteiger partial charge is 0.524 e. The van der Waals surface area contributed by atoms with Crippen molar-refractivity contribution in [3.63, 3.8) is 0 Å². The van der Waals surface area contributed by atoms with Crippen LogP contribution in [0.2, 0.25) is 0 Å². The Labute approximate surface area is 136 Å². The third kappa shape index (κ3) is 9.18. The summed E-state index contributed by atoms with van der Waals surface area (Å²) in [6.07, 6.45) is 4.69. The van der Waals surface area contributed by atoms with E-state index in [2.05, 4.69) is 11.1 Å². The van der Waals surface area contributed by atoms with Crippen molar-refractivity contribution < 1.29 is 28.4 Å². The highest BCUT2D eigenvalue weighted by atomic mass is 31.2. The molecule has 0 spiro atoms. The van der Waals surface area contributed by atoms with Crippen LogP contribution in [0.3, 0.4) is 0 Å². The van der Waals surface area contributed by atoms with Gasteiger partial charge in [-0.05, 0) is 43.9 Å². The summed E-state index contributed by atoms with van der Waals surface area (Å²) >= 11 is 0. The minimum Gasteiger partial charge on any atom is -0.462 e. The second-order valence-electron chi connectivity index (χ2n) is 5.31. The lowest BCUT2D eigenvalue weighted by Gasteiger charge is -2.07. The van der Waals surface area contributed by atoms with Crippen molar-refractivity contribution in [3.8, 4) is 5.75 Å². The molecule has 0 bridgehead atoms. The number of rotatable bonds is 10. The molecule has 0 unspecified atom stereocenters. The SMILES string of the molecule is C=C(C)C(=O)OCCCCCCc1ccc(OP(=O)(O)O)cc1. The van der Waals surface area contributed by atoms with Crippen LogP contribution in [0.25, 0.3) is 0 Å². The molecule has 0 fully saturated rings. The first-order chi connectivity index (χ1) is 10.8. The van der Waals surface area contributed by atoms with Gasteiger partial charge in [0.2, 0.25) is 0 Å². The number of ether oxygens (including phenoxy) is 1. The Kier molecular flexibility index (Phi) is 8.03. The van der Waals surface area contributed by atoms with E-state index in [-0.39, 0.29) is 11.7 Å². The van der Waals surface area contributed by atoms with Crippen molar-refractivity contribution in [2.45, 2.75) is 39.0 Å². The number of hydrogen-bond donors (Lipinski definition) is 2. The quantitative estimate of drug-likeness (QED) is 0.293. The van der Waals surface area contributed by atoms with E-state index < -0.39 is 7.82 Å². The van der Waals surface area contributed by atoms with Gasteiger partial charge < -0.3 is 9.26 Å². The second kappa shape index (κ2) is 9.50. The predicted molar refractivity (Wildman–Crippen MR) is 87.1 cm³/mol. The molecule has 23 heavy (non-hydrogen) atoms. The number of carbonyl (C=O) groups excluding carboxylic acids is 1. The number of phosphoric acid groups is 1. The normalized spacial score (nSPS) is 11.1. The molecule has 0 saturated heterocycles. The number of benzene rings is 1. The fourth-order valence-corrected chi connectivity index (χ4v) is 2.32. The molecule has 2 N–H and O–H groups in total. The lowest BCUT2D eigenvalue weighted by atomic mass is 10.1. The number of hydrogen-bond acceptors (Lipinski definition) is 4. The minimum atomic E-state index is -4.49. The Morgan fingerprint density at radius 3 is 2.30 bits per heavy atom. The van der Waals surface area contributed by atoms with E-state index in [0.717, 1.165) is 37.7 Å². The predicted octanol–water partition coefficient (Wildman–Crippen LogP) is 3.38. The molecule has 0 aromatic heterocycles. The fraction of sp³-hybridized carbons (Fsp3) is 0.438. The first-order valence-corrected chi connectivity index (χ1v) is 8.97. The van der Waals surface area contributed by atoms with Gasteiger partial charge in [-0.15, -0.1) is 0 Å². The molecular formula is C16H23O6P. The van der Waals surface area contributed by atoms with Crippen LogP contribution in [0.5, 0.6) is 5.75 Å². The molecule has 128 valence electrons. The van der Waals surface area contributed by atoms with E-state index in [1.54, 1.807) is 31.2 Å². The zero-order chi connectivity index (χ0) is 17.3. The van der Waals surface area contributed by atoms with E-state index in [0.29, 0.717) is 12.2 Å². The highest BCUT2D eigenvalue weighted by molar-refractivity contribution is 7.46. The molecule has 0 saturated carbocycles. The van der Waals surface area contributed by atoms with Gasteiger partial charge in [0.15, 0.2) is 0 Å². The third-order valence-corrected chi connectivity index (χ3v) is 3.54. The number of aryl methyl sites for hydroxylation is 1. The summed E-state index contributed by atoms with van der Waals surface area (Å²) in [7, 11) is -4.49. The first kappa shape index (κ1) is 19.4. The minimum absolute atomic E-state index is 0.154. The van der Waals surface area contributed by atoms with E-state index in [1.807, 2.05) is 0 Å². The summed E-state index contributed by atoms with van der Waals surface area (Å²) in [5, 5.41) is 0. The van der Waals surface area contributed by atoms with Crippen LogP contribution < -0.4 is 4.52 Å². The standard InChI is InChI=1S/C16H23O6P/c1-13(2)16(17)21-12-6-4-3-5-7-14-8-10-15(11-9-14)22-23(18,19)20/h8-11H,1,3-7,12H2,2H3,(H2,18,19,20). The molecule has 0 amide bonds. The van der Waals surface area contributed by atoms with Crippen molar-refractivity contribution >= 4 is 13.8 Å². The maximum absolute atomic E-state index is 11.2. The van der Waals surface area contributed by atoms with Crippen molar-refractivity contribution in [1.29, 1.82) is 0 Å². The summed E-state index contributed by atoms with van der Waals surface area (Å²) < 4.78 is 20.2. The molecule has 7 heteroatoms. The van der Waals surface area contributed by atoms with E-state index in [1.165, 1.54) is 0 Å². The average molecular weight is 342 g/mol. The van der Waals surface area contributed by atoms with Crippen molar-refractivity contribution in [3.05, 3.63) is 42.0 Å². The molecule has 0 aliphatic heterocycles. The van der Waals surface area contributed by atoms with Gasteiger partial charge >= 0.3 is 13.8 Å². The van der Waals surface area contributed by atoms with Crippen molar-refractivity contribution in [1.82, 2.24) is 0 Å². The third-order valence-electron chi connectivity index (χ3n) is 3.09. The lowest BCUT2D eigenvalue weighted by molar-refractivity contribution is -0.139. The number of esters is 1. The Bertz CT molecular complexity index is 560. The van der Waals surface area contributed by atoms with Crippen LogP contribution in [-0.4, -0.2) is 22.4 Å².